The van der Waals surface area contributed by atoms with Crippen LogP contribution < -0.4 is 14.8 Å². The molecule has 0 spiro atoms. The number of hydrogen-bond acceptors (Lipinski definition) is 4. The van der Waals surface area contributed by atoms with Gasteiger partial charge in [0.2, 0.25) is 0 Å². The van der Waals surface area contributed by atoms with E-state index >= 15 is 0 Å². The quantitative estimate of drug-likeness (QED) is 0.858. The van der Waals surface area contributed by atoms with Gasteiger partial charge >= 0.3 is 0 Å². The first-order valence-electron chi connectivity index (χ1n) is 6.18. The summed E-state index contributed by atoms with van der Waals surface area (Å²) in [5, 5.41) is 14.0. The topological polar surface area (TPSA) is 50.7 Å². The average molecular weight is 328 g/mol. The molecule has 0 atom stereocenters. The zero-order valence-electron chi connectivity index (χ0n) is 11.6. The number of phenols is 1. The molecule has 6 heteroatoms. The standard InChI is InChI=1S/C15H15Cl2NO3/c1-20-14-6-11(17)12(7-15(14)21-2)18-8-9-5-10(16)3-4-13(9)19/h3-7,18-19H,8H2,1-2H3. The second-order valence-electron chi connectivity index (χ2n) is 4.31. The molecule has 0 fully saturated rings. The molecular weight excluding hydrogens is 313 g/mol. The van der Waals surface area contributed by atoms with Crippen LogP contribution in [0.25, 0.3) is 0 Å². The van der Waals surface area contributed by atoms with Gasteiger partial charge < -0.3 is 19.9 Å². The average Bonchev–Trinajstić information content (AvgIpc) is 2.48. The van der Waals surface area contributed by atoms with Crippen LogP contribution in [0.15, 0.2) is 30.3 Å². The molecule has 0 radical (unpaired) electrons. The van der Waals surface area contributed by atoms with Crippen LogP contribution in [-0.4, -0.2) is 19.3 Å². The number of phenolic OH excluding ortho intramolecular Hbond substituents is 1. The number of ether oxygens (including phenoxy) is 2. The van der Waals surface area contributed by atoms with E-state index in [1.54, 1.807) is 44.6 Å². The zero-order valence-corrected chi connectivity index (χ0v) is 13.1. The first-order valence-corrected chi connectivity index (χ1v) is 6.93. The van der Waals surface area contributed by atoms with Crippen molar-refractivity contribution in [2.45, 2.75) is 6.54 Å². The lowest BCUT2D eigenvalue weighted by Gasteiger charge is -2.14. The fourth-order valence-corrected chi connectivity index (χ4v) is 2.29. The summed E-state index contributed by atoms with van der Waals surface area (Å²) >= 11 is 12.1. The molecule has 21 heavy (non-hydrogen) atoms. The summed E-state index contributed by atoms with van der Waals surface area (Å²) in [6, 6.07) is 8.28. The van der Waals surface area contributed by atoms with E-state index in [1.165, 1.54) is 0 Å². The van der Waals surface area contributed by atoms with Crippen molar-refractivity contribution in [1.82, 2.24) is 0 Å². The summed E-state index contributed by atoms with van der Waals surface area (Å²) in [4.78, 5) is 0. The van der Waals surface area contributed by atoms with Crippen LogP contribution in [0.2, 0.25) is 10.0 Å². The Labute approximate surface area is 133 Å². The maximum Gasteiger partial charge on any atom is 0.162 e. The smallest absolute Gasteiger partial charge is 0.162 e. The van der Waals surface area contributed by atoms with Crippen LogP contribution in [0.4, 0.5) is 5.69 Å². The molecule has 2 N–H and O–H groups in total. The lowest BCUT2D eigenvalue weighted by Crippen LogP contribution is -2.01. The van der Waals surface area contributed by atoms with Gasteiger partial charge in [-0.3, -0.25) is 0 Å². The highest BCUT2D eigenvalue weighted by Crippen LogP contribution is 2.36. The molecule has 0 aliphatic heterocycles. The van der Waals surface area contributed by atoms with Gasteiger partial charge in [0.25, 0.3) is 0 Å². The van der Waals surface area contributed by atoms with E-state index in [1.807, 2.05) is 0 Å². The van der Waals surface area contributed by atoms with Gasteiger partial charge in [-0.2, -0.15) is 0 Å². The van der Waals surface area contributed by atoms with Crippen molar-refractivity contribution in [3.05, 3.63) is 45.9 Å². The number of hydrogen-bond donors (Lipinski definition) is 2. The van der Waals surface area contributed by atoms with E-state index in [0.29, 0.717) is 39.3 Å². The van der Waals surface area contributed by atoms with Gasteiger partial charge in [-0.1, -0.05) is 23.2 Å². The summed E-state index contributed by atoms with van der Waals surface area (Å²) in [5.41, 5.74) is 1.35. The first-order chi connectivity index (χ1) is 10.0. The molecule has 2 aromatic rings. The highest BCUT2D eigenvalue weighted by atomic mass is 35.5. The largest absolute Gasteiger partial charge is 0.508 e. The Balaban J connectivity index is 2.21. The minimum absolute atomic E-state index is 0.170. The Morgan fingerprint density at radius 2 is 1.71 bits per heavy atom. The highest BCUT2D eigenvalue weighted by Gasteiger charge is 2.10. The summed E-state index contributed by atoms with van der Waals surface area (Å²) in [5.74, 6) is 1.29. The van der Waals surface area contributed by atoms with Gasteiger partial charge in [0.05, 0.1) is 24.9 Å². The predicted molar refractivity (Wildman–Crippen MR) is 85.0 cm³/mol. The molecule has 0 amide bonds. The summed E-state index contributed by atoms with van der Waals surface area (Å²) in [6.07, 6.45) is 0. The maximum atomic E-state index is 9.79. The number of methoxy groups -OCH3 is 2. The van der Waals surface area contributed by atoms with E-state index in [2.05, 4.69) is 5.32 Å². The molecular formula is C15H15Cl2NO3. The molecule has 0 bridgehead atoms. The van der Waals surface area contributed by atoms with E-state index in [-0.39, 0.29) is 5.75 Å². The lowest BCUT2D eigenvalue weighted by atomic mass is 10.2. The number of rotatable bonds is 5. The third-order valence-electron chi connectivity index (χ3n) is 2.98. The second kappa shape index (κ2) is 6.78. The Hall–Kier alpha value is -1.78. The zero-order chi connectivity index (χ0) is 15.4. The van der Waals surface area contributed by atoms with Crippen LogP contribution in [0.3, 0.4) is 0 Å². The number of aromatic hydroxyl groups is 1. The fourth-order valence-electron chi connectivity index (χ4n) is 1.88. The second-order valence-corrected chi connectivity index (χ2v) is 5.16. The molecule has 0 aliphatic carbocycles. The normalized spacial score (nSPS) is 10.3. The van der Waals surface area contributed by atoms with E-state index in [9.17, 15) is 5.11 Å². The predicted octanol–water partition coefficient (Wildman–Crippen LogP) is 4.33. The number of halogens is 2. The summed E-state index contributed by atoms with van der Waals surface area (Å²) < 4.78 is 10.4. The Morgan fingerprint density at radius 1 is 1.05 bits per heavy atom. The van der Waals surface area contributed by atoms with Crippen LogP contribution >= 0.6 is 23.2 Å². The molecule has 0 unspecified atom stereocenters. The Kier molecular flexibility index (Phi) is 5.04. The van der Waals surface area contributed by atoms with Crippen molar-refractivity contribution >= 4 is 28.9 Å². The Bertz CT molecular complexity index is 647. The van der Waals surface area contributed by atoms with Crippen molar-refractivity contribution in [3.63, 3.8) is 0 Å². The minimum Gasteiger partial charge on any atom is -0.508 e. The molecule has 0 saturated heterocycles. The van der Waals surface area contributed by atoms with Crippen molar-refractivity contribution in [2.24, 2.45) is 0 Å². The minimum atomic E-state index is 0.170. The molecule has 112 valence electrons. The third kappa shape index (κ3) is 3.65. The van der Waals surface area contributed by atoms with Gasteiger partial charge in [0.1, 0.15) is 5.75 Å². The number of benzene rings is 2. The van der Waals surface area contributed by atoms with E-state index in [0.717, 1.165) is 0 Å². The van der Waals surface area contributed by atoms with Crippen molar-refractivity contribution in [3.8, 4) is 17.2 Å². The van der Waals surface area contributed by atoms with Gasteiger partial charge in [0, 0.05) is 29.3 Å². The monoisotopic (exact) mass is 327 g/mol. The number of anilines is 1. The molecule has 0 saturated carbocycles. The summed E-state index contributed by atoms with van der Waals surface area (Å²) in [6.45, 7) is 0.377. The van der Waals surface area contributed by atoms with Gasteiger partial charge in [0.15, 0.2) is 11.5 Å². The number of nitrogens with one attached hydrogen (secondary N) is 1. The van der Waals surface area contributed by atoms with Gasteiger partial charge in [-0.05, 0) is 18.2 Å². The van der Waals surface area contributed by atoms with E-state index in [4.69, 9.17) is 32.7 Å². The lowest BCUT2D eigenvalue weighted by molar-refractivity contribution is 0.355. The third-order valence-corrected chi connectivity index (χ3v) is 3.53. The Morgan fingerprint density at radius 3 is 2.38 bits per heavy atom. The van der Waals surface area contributed by atoms with Crippen LogP contribution in [0.1, 0.15) is 5.56 Å². The van der Waals surface area contributed by atoms with Crippen molar-refractivity contribution < 1.29 is 14.6 Å². The summed E-state index contributed by atoms with van der Waals surface area (Å²) in [7, 11) is 3.10. The molecule has 0 heterocycles. The molecule has 4 nitrogen and oxygen atoms in total. The van der Waals surface area contributed by atoms with Crippen molar-refractivity contribution in [1.29, 1.82) is 0 Å². The SMILES string of the molecule is COc1cc(Cl)c(NCc2cc(Cl)ccc2O)cc1OC. The van der Waals surface area contributed by atoms with Crippen LogP contribution in [-0.2, 0) is 6.54 Å². The highest BCUT2D eigenvalue weighted by molar-refractivity contribution is 6.33. The molecule has 0 aliphatic rings. The molecule has 2 aromatic carbocycles. The maximum absolute atomic E-state index is 9.79. The molecule has 0 aromatic heterocycles. The fraction of sp³-hybridized carbons (Fsp3) is 0.200. The molecule has 2 rings (SSSR count). The first kappa shape index (κ1) is 15.6. The van der Waals surface area contributed by atoms with Gasteiger partial charge in [-0.15, -0.1) is 0 Å². The van der Waals surface area contributed by atoms with Crippen LogP contribution in [0, 0.1) is 0 Å². The van der Waals surface area contributed by atoms with Crippen molar-refractivity contribution in [2.75, 3.05) is 19.5 Å². The van der Waals surface area contributed by atoms with Gasteiger partial charge in [-0.25, -0.2) is 0 Å². The van der Waals surface area contributed by atoms with E-state index < -0.39 is 0 Å². The van der Waals surface area contributed by atoms with Crippen LogP contribution in [0.5, 0.6) is 17.2 Å².